The number of rotatable bonds is 7. The topological polar surface area (TPSA) is 57.6 Å². The van der Waals surface area contributed by atoms with Crippen LogP contribution in [0.4, 0.5) is 5.69 Å². The SMILES string of the molecule is CCN(c1cc(Cl)cc(C(=O)NCc2c3n(c(Cl)cc2=O)CCC3)c1C)[C@H]1CC[C@H](N(C)C)CC1. The minimum Gasteiger partial charge on any atom is -0.369 e. The fourth-order valence-corrected chi connectivity index (χ4v) is 6.30. The quantitative estimate of drug-likeness (QED) is 0.521. The molecule has 1 N–H and O–H groups in total. The summed E-state index contributed by atoms with van der Waals surface area (Å²) in [7, 11) is 4.31. The average Bonchev–Trinajstić information content (AvgIpc) is 3.32. The molecule has 35 heavy (non-hydrogen) atoms. The fraction of sp³-hybridized carbons (Fsp3) is 0.556. The Morgan fingerprint density at radius 1 is 1.11 bits per heavy atom. The lowest BCUT2D eigenvalue weighted by Crippen LogP contribution is -2.42. The summed E-state index contributed by atoms with van der Waals surface area (Å²) in [5.41, 5.74) is 3.91. The molecule has 2 aromatic rings. The predicted molar refractivity (Wildman–Crippen MR) is 144 cm³/mol. The number of amides is 1. The van der Waals surface area contributed by atoms with Crippen molar-refractivity contribution in [2.24, 2.45) is 0 Å². The summed E-state index contributed by atoms with van der Waals surface area (Å²) in [5.74, 6) is -0.218. The van der Waals surface area contributed by atoms with Gasteiger partial charge in [-0.1, -0.05) is 23.2 Å². The maximum atomic E-state index is 13.3. The van der Waals surface area contributed by atoms with Crippen LogP contribution in [0.5, 0.6) is 0 Å². The minimum atomic E-state index is -0.218. The number of carbonyl (C=O) groups is 1. The molecule has 0 bridgehead atoms. The van der Waals surface area contributed by atoms with Gasteiger partial charge in [0.1, 0.15) is 5.15 Å². The van der Waals surface area contributed by atoms with Gasteiger partial charge in [-0.15, -0.1) is 0 Å². The van der Waals surface area contributed by atoms with Crippen LogP contribution in [0.3, 0.4) is 0 Å². The van der Waals surface area contributed by atoms with E-state index in [-0.39, 0.29) is 17.9 Å². The summed E-state index contributed by atoms with van der Waals surface area (Å²) < 4.78 is 1.97. The fourth-order valence-electron chi connectivity index (χ4n) is 5.80. The molecule has 8 heteroatoms. The highest BCUT2D eigenvalue weighted by Crippen LogP contribution is 2.34. The smallest absolute Gasteiger partial charge is 0.251 e. The van der Waals surface area contributed by atoms with Gasteiger partial charge in [0, 0.05) is 65.3 Å². The summed E-state index contributed by atoms with van der Waals surface area (Å²) in [6, 6.07) is 6.22. The number of nitrogens with zero attached hydrogens (tertiary/aromatic N) is 3. The number of fused-ring (bicyclic) bond motifs is 1. The maximum absolute atomic E-state index is 13.3. The van der Waals surface area contributed by atoms with Gasteiger partial charge in [0.15, 0.2) is 5.43 Å². The lowest BCUT2D eigenvalue weighted by atomic mass is 9.89. The highest BCUT2D eigenvalue weighted by atomic mass is 35.5. The van der Waals surface area contributed by atoms with E-state index in [4.69, 9.17) is 23.2 Å². The highest BCUT2D eigenvalue weighted by molar-refractivity contribution is 6.31. The molecule has 4 rings (SSSR count). The third-order valence-electron chi connectivity index (χ3n) is 7.78. The largest absolute Gasteiger partial charge is 0.369 e. The third-order valence-corrected chi connectivity index (χ3v) is 8.31. The summed E-state index contributed by atoms with van der Waals surface area (Å²) in [4.78, 5) is 30.6. The van der Waals surface area contributed by atoms with Gasteiger partial charge >= 0.3 is 0 Å². The van der Waals surface area contributed by atoms with Crippen molar-refractivity contribution in [2.75, 3.05) is 25.5 Å². The van der Waals surface area contributed by atoms with Crippen LogP contribution in [0.2, 0.25) is 10.2 Å². The zero-order chi connectivity index (χ0) is 25.3. The van der Waals surface area contributed by atoms with Crippen molar-refractivity contribution >= 4 is 34.8 Å². The molecular formula is C27H36Cl2N4O2. The van der Waals surface area contributed by atoms with E-state index in [1.165, 1.54) is 18.9 Å². The lowest BCUT2D eigenvalue weighted by molar-refractivity contribution is 0.0950. The summed E-state index contributed by atoms with van der Waals surface area (Å²) in [6.45, 7) is 5.98. The standard InChI is InChI=1S/C27H36Cl2N4O2/c1-5-32(20-10-8-19(9-11-20)31(3)4)24-14-18(28)13-21(17(24)2)27(35)30-16-22-23-7-6-12-33(23)26(29)15-25(22)34/h13-15,19-20H,5-12,16H2,1-4H3,(H,30,35)/t19-,20-. The van der Waals surface area contributed by atoms with E-state index in [1.807, 2.05) is 17.6 Å². The van der Waals surface area contributed by atoms with Gasteiger partial charge in [-0.25, -0.2) is 0 Å². The molecule has 6 nitrogen and oxygen atoms in total. The molecule has 2 heterocycles. The molecule has 1 aliphatic carbocycles. The Morgan fingerprint density at radius 3 is 2.46 bits per heavy atom. The van der Waals surface area contributed by atoms with Crippen LogP contribution in [0.1, 0.15) is 66.2 Å². The Labute approximate surface area is 218 Å². The number of halogens is 2. The van der Waals surface area contributed by atoms with Crippen LogP contribution >= 0.6 is 23.2 Å². The number of aromatic nitrogens is 1. The first-order chi connectivity index (χ1) is 16.7. The van der Waals surface area contributed by atoms with Crippen molar-refractivity contribution < 1.29 is 4.79 Å². The number of hydrogen-bond donors (Lipinski definition) is 1. The highest BCUT2D eigenvalue weighted by Gasteiger charge is 2.28. The first-order valence-electron chi connectivity index (χ1n) is 12.6. The minimum absolute atomic E-state index is 0.127. The van der Waals surface area contributed by atoms with Crippen LogP contribution in [0.15, 0.2) is 23.0 Å². The summed E-state index contributed by atoms with van der Waals surface area (Å²) in [6.07, 6.45) is 6.32. The molecule has 0 saturated heterocycles. The molecule has 1 aromatic heterocycles. The lowest BCUT2D eigenvalue weighted by Gasteiger charge is -2.40. The first-order valence-corrected chi connectivity index (χ1v) is 13.4. The Hall–Kier alpha value is -2.02. The molecule has 1 aliphatic heterocycles. The number of anilines is 1. The molecule has 0 unspecified atom stereocenters. The van der Waals surface area contributed by atoms with Crippen LogP contribution in [-0.4, -0.2) is 48.1 Å². The van der Waals surface area contributed by atoms with Gasteiger partial charge in [0.05, 0.1) is 0 Å². The van der Waals surface area contributed by atoms with Crippen molar-refractivity contribution in [2.45, 2.75) is 77.5 Å². The zero-order valence-corrected chi connectivity index (χ0v) is 22.7. The number of hydrogen-bond acceptors (Lipinski definition) is 4. The van der Waals surface area contributed by atoms with Crippen molar-refractivity contribution in [3.63, 3.8) is 0 Å². The molecule has 0 atom stereocenters. The van der Waals surface area contributed by atoms with Gasteiger partial charge in [-0.3, -0.25) is 9.59 Å². The van der Waals surface area contributed by atoms with Crippen LogP contribution in [0.25, 0.3) is 0 Å². The second-order valence-corrected chi connectivity index (χ2v) is 10.8. The van der Waals surface area contributed by atoms with Crippen molar-refractivity contribution in [1.82, 2.24) is 14.8 Å². The Bertz CT molecular complexity index is 1150. The molecule has 0 spiro atoms. The van der Waals surface area contributed by atoms with Crippen molar-refractivity contribution in [3.05, 3.63) is 61.0 Å². The second kappa shape index (κ2) is 10.9. The van der Waals surface area contributed by atoms with Gasteiger partial charge in [-0.05, 0) is 84.2 Å². The van der Waals surface area contributed by atoms with Crippen molar-refractivity contribution in [1.29, 1.82) is 0 Å². The number of benzene rings is 1. The molecule has 1 saturated carbocycles. The second-order valence-electron chi connectivity index (χ2n) is 10.0. The summed E-state index contributed by atoms with van der Waals surface area (Å²) >= 11 is 12.8. The maximum Gasteiger partial charge on any atom is 0.251 e. The number of nitrogens with one attached hydrogen (secondary N) is 1. The van der Waals surface area contributed by atoms with Crippen LogP contribution in [-0.2, 0) is 19.5 Å². The predicted octanol–water partition coefficient (Wildman–Crippen LogP) is 5.04. The van der Waals surface area contributed by atoms with Gasteiger partial charge in [0.25, 0.3) is 5.91 Å². The number of pyridine rings is 1. The van der Waals surface area contributed by atoms with Crippen LogP contribution < -0.4 is 15.6 Å². The summed E-state index contributed by atoms with van der Waals surface area (Å²) in [5, 5.41) is 3.99. The van der Waals surface area contributed by atoms with E-state index in [9.17, 15) is 9.59 Å². The van der Waals surface area contributed by atoms with Gasteiger partial charge in [-0.2, -0.15) is 0 Å². The van der Waals surface area contributed by atoms with E-state index in [0.29, 0.717) is 33.4 Å². The molecular weight excluding hydrogens is 483 g/mol. The molecule has 1 amide bonds. The van der Waals surface area contributed by atoms with E-state index in [0.717, 1.165) is 55.7 Å². The first kappa shape index (κ1) is 26.1. The Kier molecular flexibility index (Phi) is 8.14. The van der Waals surface area contributed by atoms with E-state index in [1.54, 1.807) is 6.07 Å². The molecule has 190 valence electrons. The van der Waals surface area contributed by atoms with Crippen LogP contribution in [0, 0.1) is 6.92 Å². The average molecular weight is 520 g/mol. The van der Waals surface area contributed by atoms with Crippen molar-refractivity contribution in [3.8, 4) is 0 Å². The third kappa shape index (κ3) is 5.40. The molecule has 1 aromatic carbocycles. The van der Waals surface area contributed by atoms with E-state index >= 15 is 0 Å². The Balaban J connectivity index is 1.55. The molecule has 1 fully saturated rings. The number of carbonyl (C=O) groups excluding carboxylic acids is 1. The normalized spacial score (nSPS) is 19.6. The van der Waals surface area contributed by atoms with Gasteiger partial charge < -0.3 is 19.7 Å². The molecule has 0 radical (unpaired) electrons. The molecule has 2 aliphatic rings. The zero-order valence-electron chi connectivity index (χ0n) is 21.2. The van der Waals surface area contributed by atoms with Gasteiger partial charge in [0.2, 0.25) is 0 Å². The Morgan fingerprint density at radius 2 is 1.80 bits per heavy atom. The van der Waals surface area contributed by atoms with E-state index < -0.39 is 0 Å². The van der Waals surface area contributed by atoms with E-state index in [2.05, 4.69) is 36.1 Å². The monoisotopic (exact) mass is 518 g/mol.